The molecule has 0 radical (unpaired) electrons. The molecule has 1 aromatic carbocycles. The molecule has 0 saturated carbocycles. The molecule has 0 aliphatic heterocycles. The highest BCUT2D eigenvalue weighted by molar-refractivity contribution is 5.35. The average molecular weight is 260 g/mol. The van der Waals surface area contributed by atoms with Crippen molar-refractivity contribution in [2.24, 2.45) is 0 Å². The van der Waals surface area contributed by atoms with Crippen molar-refractivity contribution in [1.29, 1.82) is 0 Å². The molecule has 3 nitrogen and oxygen atoms in total. The van der Waals surface area contributed by atoms with Gasteiger partial charge in [-0.2, -0.15) is 0 Å². The van der Waals surface area contributed by atoms with Gasteiger partial charge in [0.05, 0.1) is 0 Å². The number of aromatic nitrogens is 1. The summed E-state index contributed by atoms with van der Waals surface area (Å²) in [5.41, 5.74) is 2.80. The summed E-state index contributed by atoms with van der Waals surface area (Å²) in [6.07, 6.45) is 3.50. The first-order valence-electron chi connectivity index (χ1n) is 6.16. The molecule has 1 aromatic heterocycles. The van der Waals surface area contributed by atoms with Gasteiger partial charge in [0.2, 0.25) is 0 Å². The van der Waals surface area contributed by atoms with Crippen molar-refractivity contribution in [3.8, 4) is 5.75 Å². The number of ether oxygens (including phenoxy) is 1. The molecule has 100 valence electrons. The van der Waals surface area contributed by atoms with Crippen molar-refractivity contribution in [3.63, 3.8) is 0 Å². The van der Waals surface area contributed by atoms with Gasteiger partial charge in [0, 0.05) is 30.1 Å². The molecule has 0 saturated heterocycles. The highest BCUT2D eigenvalue weighted by Gasteiger charge is 2.09. The van der Waals surface area contributed by atoms with Crippen LogP contribution in [-0.2, 0) is 13.2 Å². The molecule has 0 atom stereocenters. The Kier molecular flexibility index (Phi) is 4.47. The molecule has 0 fully saturated rings. The fourth-order valence-corrected chi connectivity index (χ4v) is 1.90. The molecule has 2 aromatic rings. The van der Waals surface area contributed by atoms with E-state index in [1.165, 1.54) is 6.07 Å². The van der Waals surface area contributed by atoms with Crippen molar-refractivity contribution >= 4 is 0 Å². The van der Waals surface area contributed by atoms with E-state index in [9.17, 15) is 4.39 Å². The lowest BCUT2D eigenvalue weighted by atomic mass is 10.2. The average Bonchev–Trinajstić information content (AvgIpc) is 2.38. The third-order valence-corrected chi connectivity index (χ3v) is 2.73. The van der Waals surface area contributed by atoms with Gasteiger partial charge in [-0.25, -0.2) is 4.39 Å². The van der Waals surface area contributed by atoms with Crippen LogP contribution in [0.4, 0.5) is 4.39 Å². The summed E-state index contributed by atoms with van der Waals surface area (Å²) in [6, 6.07) is 6.92. The topological polar surface area (TPSA) is 34.1 Å². The Morgan fingerprint density at radius 3 is 2.89 bits per heavy atom. The number of nitrogens with one attached hydrogen (secondary N) is 1. The van der Waals surface area contributed by atoms with Gasteiger partial charge in [-0.3, -0.25) is 4.98 Å². The summed E-state index contributed by atoms with van der Waals surface area (Å²) in [5.74, 6) is -0.0354. The molecule has 0 aliphatic rings. The quantitative estimate of drug-likeness (QED) is 0.897. The summed E-state index contributed by atoms with van der Waals surface area (Å²) < 4.78 is 19.4. The Balaban J connectivity index is 2.14. The second-order valence-corrected chi connectivity index (χ2v) is 4.42. The van der Waals surface area contributed by atoms with Gasteiger partial charge in [-0.15, -0.1) is 0 Å². The number of benzene rings is 1. The molecule has 4 heteroatoms. The van der Waals surface area contributed by atoms with Crippen LogP contribution in [0.1, 0.15) is 16.7 Å². The largest absolute Gasteiger partial charge is 0.485 e. The van der Waals surface area contributed by atoms with Crippen LogP contribution >= 0.6 is 0 Å². The van der Waals surface area contributed by atoms with Gasteiger partial charge in [0.25, 0.3) is 0 Å². The number of hydrogen-bond acceptors (Lipinski definition) is 3. The number of para-hydroxylation sites is 1. The predicted octanol–water partition coefficient (Wildman–Crippen LogP) is 2.83. The van der Waals surface area contributed by atoms with E-state index in [0.717, 1.165) is 16.7 Å². The highest BCUT2D eigenvalue weighted by atomic mass is 19.1. The van der Waals surface area contributed by atoms with E-state index in [0.29, 0.717) is 18.9 Å². The Hall–Kier alpha value is -1.94. The molecule has 0 unspecified atom stereocenters. The van der Waals surface area contributed by atoms with Crippen LogP contribution < -0.4 is 10.1 Å². The van der Waals surface area contributed by atoms with Gasteiger partial charge >= 0.3 is 0 Å². The minimum Gasteiger partial charge on any atom is -0.485 e. The zero-order valence-electron chi connectivity index (χ0n) is 11.1. The molecule has 0 aliphatic carbocycles. The molecular weight excluding hydrogens is 243 g/mol. The van der Waals surface area contributed by atoms with Crippen molar-refractivity contribution in [3.05, 3.63) is 59.2 Å². The van der Waals surface area contributed by atoms with Crippen molar-refractivity contribution in [2.45, 2.75) is 20.1 Å². The fraction of sp³-hybridized carbons (Fsp3) is 0.267. The highest BCUT2D eigenvalue weighted by Crippen LogP contribution is 2.23. The Morgan fingerprint density at radius 2 is 2.16 bits per heavy atom. The number of rotatable bonds is 5. The van der Waals surface area contributed by atoms with Crippen LogP contribution in [0.5, 0.6) is 5.75 Å². The summed E-state index contributed by atoms with van der Waals surface area (Å²) in [6.45, 7) is 2.84. The zero-order valence-corrected chi connectivity index (χ0v) is 11.1. The molecule has 0 bridgehead atoms. The van der Waals surface area contributed by atoms with E-state index in [1.54, 1.807) is 18.5 Å². The maximum atomic E-state index is 13.8. The normalized spacial score (nSPS) is 10.5. The first-order valence-corrected chi connectivity index (χ1v) is 6.16. The Bertz CT molecular complexity index is 558. The van der Waals surface area contributed by atoms with Crippen LogP contribution in [0.3, 0.4) is 0 Å². The lowest BCUT2D eigenvalue weighted by Gasteiger charge is -2.12. The lowest BCUT2D eigenvalue weighted by Crippen LogP contribution is -2.08. The summed E-state index contributed by atoms with van der Waals surface area (Å²) in [5, 5.41) is 3.00. The zero-order chi connectivity index (χ0) is 13.7. The minimum atomic E-state index is -0.339. The smallest absolute Gasteiger partial charge is 0.165 e. The molecule has 0 amide bonds. The van der Waals surface area contributed by atoms with E-state index in [2.05, 4.69) is 10.3 Å². The monoisotopic (exact) mass is 260 g/mol. The van der Waals surface area contributed by atoms with Crippen LogP contribution in [0, 0.1) is 12.7 Å². The van der Waals surface area contributed by atoms with Gasteiger partial charge < -0.3 is 10.1 Å². The SMILES string of the molecule is CNCc1cccc(F)c1OCc1cncc(C)c1. The molecule has 2 rings (SSSR count). The third kappa shape index (κ3) is 3.51. The molecule has 1 heterocycles. The maximum absolute atomic E-state index is 13.8. The van der Waals surface area contributed by atoms with Crippen LogP contribution in [0.15, 0.2) is 36.7 Å². The van der Waals surface area contributed by atoms with E-state index < -0.39 is 0 Å². The van der Waals surface area contributed by atoms with Crippen LogP contribution in [-0.4, -0.2) is 12.0 Å². The minimum absolute atomic E-state index is 0.304. The summed E-state index contributed by atoms with van der Waals surface area (Å²) >= 11 is 0. The van der Waals surface area contributed by atoms with Gasteiger partial charge in [-0.05, 0) is 31.7 Å². The number of nitrogens with zero attached hydrogens (tertiary/aromatic N) is 1. The number of hydrogen-bond donors (Lipinski definition) is 1. The number of pyridine rings is 1. The van der Waals surface area contributed by atoms with E-state index in [-0.39, 0.29) is 5.82 Å². The molecule has 19 heavy (non-hydrogen) atoms. The van der Waals surface area contributed by atoms with E-state index in [4.69, 9.17) is 4.74 Å². The predicted molar refractivity (Wildman–Crippen MR) is 72.5 cm³/mol. The lowest BCUT2D eigenvalue weighted by molar-refractivity contribution is 0.286. The number of halogens is 1. The molecule has 0 spiro atoms. The third-order valence-electron chi connectivity index (χ3n) is 2.73. The van der Waals surface area contributed by atoms with Crippen molar-refractivity contribution < 1.29 is 9.13 Å². The second kappa shape index (κ2) is 6.29. The second-order valence-electron chi connectivity index (χ2n) is 4.42. The van der Waals surface area contributed by atoms with Gasteiger partial charge in [0.1, 0.15) is 6.61 Å². The first kappa shape index (κ1) is 13.5. The Labute approximate surface area is 112 Å². The van der Waals surface area contributed by atoms with Gasteiger partial charge in [-0.1, -0.05) is 12.1 Å². The van der Waals surface area contributed by atoms with E-state index in [1.807, 2.05) is 26.1 Å². The standard InChI is InChI=1S/C15H17FN2O/c1-11-6-12(8-18-7-11)10-19-15-13(9-17-2)4-3-5-14(15)16/h3-8,17H,9-10H2,1-2H3. The van der Waals surface area contributed by atoms with Crippen LogP contribution in [0.2, 0.25) is 0 Å². The molecule has 1 N–H and O–H groups in total. The van der Waals surface area contributed by atoms with Crippen molar-refractivity contribution in [1.82, 2.24) is 10.3 Å². The van der Waals surface area contributed by atoms with Gasteiger partial charge in [0.15, 0.2) is 11.6 Å². The first-order chi connectivity index (χ1) is 9.20. The molecular formula is C15H17FN2O. The fourth-order valence-electron chi connectivity index (χ4n) is 1.90. The van der Waals surface area contributed by atoms with Crippen molar-refractivity contribution in [2.75, 3.05) is 7.05 Å². The Morgan fingerprint density at radius 1 is 1.32 bits per heavy atom. The number of aryl methyl sites for hydroxylation is 1. The van der Waals surface area contributed by atoms with E-state index >= 15 is 0 Å². The summed E-state index contributed by atoms with van der Waals surface area (Å²) in [7, 11) is 1.82. The summed E-state index contributed by atoms with van der Waals surface area (Å²) in [4.78, 5) is 4.09. The van der Waals surface area contributed by atoms with Crippen LogP contribution in [0.25, 0.3) is 0 Å². The maximum Gasteiger partial charge on any atom is 0.165 e.